The molecular formula is C19H18N2O2S. The Bertz CT molecular complexity index is 824. The van der Waals surface area contributed by atoms with Gasteiger partial charge in [-0.25, -0.2) is 0 Å². The molecule has 0 aliphatic carbocycles. The maximum Gasteiger partial charge on any atom is 0.230 e. The number of fused-ring (bicyclic) bond motifs is 1. The summed E-state index contributed by atoms with van der Waals surface area (Å²) in [4.78, 5) is 16.8. The lowest BCUT2D eigenvalue weighted by atomic mass is 10.0. The summed E-state index contributed by atoms with van der Waals surface area (Å²) < 4.78 is 0. The Kier molecular flexibility index (Phi) is 5.46. The third kappa shape index (κ3) is 4.34. The summed E-state index contributed by atoms with van der Waals surface area (Å²) in [5, 5.41) is 15.3. The zero-order valence-electron chi connectivity index (χ0n) is 13.1. The van der Waals surface area contributed by atoms with Gasteiger partial charge in [0, 0.05) is 23.8 Å². The van der Waals surface area contributed by atoms with E-state index < -0.39 is 6.10 Å². The van der Waals surface area contributed by atoms with Crippen LogP contribution < -0.4 is 5.32 Å². The number of nitrogens with zero attached hydrogens (tertiary/aromatic N) is 1. The summed E-state index contributed by atoms with van der Waals surface area (Å²) >= 11 is 1.44. The molecule has 1 heterocycles. The van der Waals surface area contributed by atoms with Crippen molar-refractivity contribution in [1.82, 2.24) is 10.3 Å². The monoisotopic (exact) mass is 338 g/mol. The first-order valence-electron chi connectivity index (χ1n) is 7.68. The number of pyridine rings is 1. The van der Waals surface area contributed by atoms with Crippen LogP contribution in [-0.2, 0) is 4.79 Å². The first-order chi connectivity index (χ1) is 11.7. The van der Waals surface area contributed by atoms with Crippen molar-refractivity contribution in [2.45, 2.75) is 11.0 Å². The van der Waals surface area contributed by atoms with E-state index in [0.29, 0.717) is 5.75 Å². The molecule has 4 nitrogen and oxygen atoms in total. The second-order valence-electron chi connectivity index (χ2n) is 5.40. The molecule has 0 aliphatic rings. The first kappa shape index (κ1) is 16.5. The quantitative estimate of drug-likeness (QED) is 0.678. The highest BCUT2D eigenvalue weighted by molar-refractivity contribution is 8.00. The van der Waals surface area contributed by atoms with Crippen LogP contribution in [0.15, 0.2) is 71.9 Å². The largest absolute Gasteiger partial charge is 0.387 e. The molecule has 1 atom stereocenters. The predicted molar refractivity (Wildman–Crippen MR) is 96.9 cm³/mol. The molecule has 0 saturated heterocycles. The topological polar surface area (TPSA) is 62.2 Å². The van der Waals surface area contributed by atoms with Gasteiger partial charge in [0.1, 0.15) is 0 Å². The number of aliphatic hydroxyl groups is 1. The molecule has 5 heteroatoms. The number of amides is 1. The van der Waals surface area contributed by atoms with Crippen LogP contribution in [0.25, 0.3) is 10.8 Å². The van der Waals surface area contributed by atoms with Crippen LogP contribution in [0.2, 0.25) is 0 Å². The number of hydrogen-bond acceptors (Lipinski definition) is 4. The lowest BCUT2D eigenvalue weighted by Gasteiger charge is -2.13. The normalized spacial score (nSPS) is 12.0. The zero-order chi connectivity index (χ0) is 16.8. The molecule has 0 spiro atoms. The minimum Gasteiger partial charge on any atom is -0.387 e. The van der Waals surface area contributed by atoms with Gasteiger partial charge in [-0.05, 0) is 34.5 Å². The summed E-state index contributed by atoms with van der Waals surface area (Å²) in [5.74, 6) is 0.214. The molecule has 0 aliphatic heterocycles. The van der Waals surface area contributed by atoms with E-state index in [1.807, 2.05) is 54.6 Å². The van der Waals surface area contributed by atoms with Gasteiger partial charge in [-0.2, -0.15) is 0 Å². The van der Waals surface area contributed by atoms with E-state index in [0.717, 1.165) is 21.2 Å². The molecule has 1 unspecified atom stereocenters. The van der Waals surface area contributed by atoms with Crippen molar-refractivity contribution < 1.29 is 9.90 Å². The number of aromatic nitrogens is 1. The molecule has 3 aromatic rings. The summed E-state index contributed by atoms with van der Waals surface area (Å²) in [6.07, 6.45) is 2.68. The highest BCUT2D eigenvalue weighted by atomic mass is 32.2. The van der Waals surface area contributed by atoms with Crippen molar-refractivity contribution in [1.29, 1.82) is 0 Å². The molecule has 0 fully saturated rings. The van der Waals surface area contributed by atoms with E-state index in [4.69, 9.17) is 0 Å². The van der Waals surface area contributed by atoms with Crippen LogP contribution in [0, 0.1) is 0 Å². The van der Waals surface area contributed by atoms with Crippen molar-refractivity contribution in [2.24, 2.45) is 0 Å². The number of rotatable bonds is 6. The number of hydrogen-bond donors (Lipinski definition) is 2. The second-order valence-corrected chi connectivity index (χ2v) is 6.45. The highest BCUT2D eigenvalue weighted by Gasteiger charge is 2.10. The van der Waals surface area contributed by atoms with Crippen LogP contribution >= 0.6 is 11.8 Å². The zero-order valence-corrected chi connectivity index (χ0v) is 13.9. The van der Waals surface area contributed by atoms with Crippen LogP contribution in [0.5, 0.6) is 0 Å². The summed E-state index contributed by atoms with van der Waals surface area (Å²) in [6.45, 7) is 0.202. The smallest absolute Gasteiger partial charge is 0.230 e. The fraction of sp³-hybridized carbons (Fsp3) is 0.158. The SMILES string of the molecule is O=C(CSc1ccncc1)NCC(O)c1ccc2ccccc2c1. The van der Waals surface area contributed by atoms with Crippen molar-refractivity contribution >= 4 is 28.4 Å². The summed E-state index contributed by atoms with van der Waals surface area (Å²) in [6, 6.07) is 17.6. The van der Waals surface area contributed by atoms with Gasteiger partial charge >= 0.3 is 0 Å². The number of aliphatic hydroxyl groups excluding tert-OH is 1. The number of carbonyl (C=O) groups is 1. The van der Waals surface area contributed by atoms with Crippen molar-refractivity contribution in [3.8, 4) is 0 Å². The average Bonchev–Trinajstić information content (AvgIpc) is 2.65. The predicted octanol–water partition coefficient (Wildman–Crippen LogP) is 3.18. The first-order valence-corrected chi connectivity index (χ1v) is 8.67. The molecule has 0 bridgehead atoms. The van der Waals surface area contributed by atoms with Gasteiger partial charge in [0.05, 0.1) is 11.9 Å². The molecule has 0 saturated carbocycles. The number of thioether (sulfide) groups is 1. The summed E-state index contributed by atoms with van der Waals surface area (Å²) in [7, 11) is 0. The molecule has 2 N–H and O–H groups in total. The number of carbonyl (C=O) groups excluding carboxylic acids is 1. The van der Waals surface area contributed by atoms with Gasteiger partial charge in [0.15, 0.2) is 0 Å². The number of nitrogens with one attached hydrogen (secondary N) is 1. The van der Waals surface area contributed by atoms with Crippen molar-refractivity contribution in [3.63, 3.8) is 0 Å². The third-order valence-electron chi connectivity index (χ3n) is 3.67. The summed E-state index contributed by atoms with van der Waals surface area (Å²) in [5.41, 5.74) is 0.802. The van der Waals surface area contributed by atoms with E-state index in [9.17, 15) is 9.90 Å². The molecule has 0 radical (unpaired) electrons. The molecule has 1 aromatic heterocycles. The molecule has 1 amide bonds. The van der Waals surface area contributed by atoms with Gasteiger partial charge in [-0.15, -0.1) is 11.8 Å². The lowest BCUT2D eigenvalue weighted by molar-refractivity contribution is -0.119. The van der Waals surface area contributed by atoms with E-state index in [-0.39, 0.29) is 12.5 Å². The van der Waals surface area contributed by atoms with Gasteiger partial charge in [0.2, 0.25) is 5.91 Å². The minimum absolute atomic E-state index is 0.100. The molecule has 24 heavy (non-hydrogen) atoms. The lowest BCUT2D eigenvalue weighted by Crippen LogP contribution is -2.29. The van der Waals surface area contributed by atoms with Crippen molar-refractivity contribution in [2.75, 3.05) is 12.3 Å². The fourth-order valence-electron chi connectivity index (χ4n) is 2.38. The Morgan fingerprint density at radius 3 is 2.62 bits per heavy atom. The molecule has 2 aromatic carbocycles. The van der Waals surface area contributed by atoms with Gasteiger partial charge < -0.3 is 10.4 Å². The van der Waals surface area contributed by atoms with E-state index in [1.165, 1.54) is 11.8 Å². The van der Waals surface area contributed by atoms with Crippen LogP contribution in [0.4, 0.5) is 0 Å². The van der Waals surface area contributed by atoms with E-state index in [1.54, 1.807) is 12.4 Å². The standard InChI is InChI=1S/C19H18N2O2S/c22-18(16-6-5-14-3-1-2-4-15(14)11-16)12-21-19(23)13-24-17-7-9-20-10-8-17/h1-11,18,22H,12-13H2,(H,21,23). The van der Waals surface area contributed by atoms with Gasteiger partial charge in [-0.1, -0.05) is 36.4 Å². The van der Waals surface area contributed by atoms with Crippen molar-refractivity contribution in [3.05, 3.63) is 72.6 Å². The van der Waals surface area contributed by atoms with Gasteiger partial charge in [-0.3, -0.25) is 9.78 Å². The van der Waals surface area contributed by atoms with E-state index in [2.05, 4.69) is 10.3 Å². The molecule has 3 rings (SSSR count). The maximum atomic E-state index is 11.9. The fourth-order valence-corrected chi connectivity index (χ4v) is 3.09. The Balaban J connectivity index is 1.52. The highest BCUT2D eigenvalue weighted by Crippen LogP contribution is 2.20. The Morgan fingerprint density at radius 2 is 1.83 bits per heavy atom. The van der Waals surface area contributed by atoms with Crippen LogP contribution in [0.1, 0.15) is 11.7 Å². The Labute approximate surface area is 144 Å². The average molecular weight is 338 g/mol. The number of benzene rings is 2. The molecular weight excluding hydrogens is 320 g/mol. The van der Waals surface area contributed by atoms with Crippen LogP contribution in [0.3, 0.4) is 0 Å². The maximum absolute atomic E-state index is 11.9. The molecule has 122 valence electrons. The minimum atomic E-state index is -0.718. The second kappa shape index (κ2) is 7.95. The van der Waals surface area contributed by atoms with E-state index >= 15 is 0 Å². The third-order valence-corrected chi connectivity index (χ3v) is 4.68. The van der Waals surface area contributed by atoms with Crippen LogP contribution in [-0.4, -0.2) is 28.3 Å². The Hall–Kier alpha value is -2.37. The van der Waals surface area contributed by atoms with Gasteiger partial charge in [0.25, 0.3) is 0 Å². The Morgan fingerprint density at radius 1 is 1.08 bits per heavy atom.